The summed E-state index contributed by atoms with van der Waals surface area (Å²) in [7, 11) is 1.37. The van der Waals surface area contributed by atoms with Gasteiger partial charge in [0.15, 0.2) is 17.2 Å². The van der Waals surface area contributed by atoms with Gasteiger partial charge in [-0.1, -0.05) is 57.5 Å². The Morgan fingerprint density at radius 2 is 1.82 bits per heavy atom. The van der Waals surface area contributed by atoms with E-state index in [0.29, 0.717) is 12.5 Å². The Hall–Kier alpha value is -3.13. The summed E-state index contributed by atoms with van der Waals surface area (Å²) in [5, 5.41) is 12.5. The topological polar surface area (TPSA) is 107 Å². The first-order chi connectivity index (χ1) is 16.3. The molecule has 1 heterocycles. The fourth-order valence-electron chi connectivity index (χ4n) is 3.69. The monoisotopic (exact) mass is 472 g/mol. The number of hydrogen-bond acceptors (Lipinski definition) is 7. The predicted octanol–water partition coefficient (Wildman–Crippen LogP) is 3.77. The van der Waals surface area contributed by atoms with Gasteiger partial charge in [0.2, 0.25) is 0 Å². The van der Waals surface area contributed by atoms with E-state index >= 15 is 0 Å². The Morgan fingerprint density at radius 3 is 2.44 bits per heavy atom. The van der Waals surface area contributed by atoms with Gasteiger partial charge in [-0.3, -0.25) is 9.59 Å². The summed E-state index contributed by atoms with van der Waals surface area (Å²) in [5.41, 5.74) is 0.969. The van der Waals surface area contributed by atoms with Crippen LogP contribution in [-0.2, 0) is 20.7 Å². The number of carbonyl (C=O) groups excluding carboxylic acids is 2. The van der Waals surface area contributed by atoms with Gasteiger partial charge in [0.25, 0.3) is 5.91 Å². The molecule has 0 aliphatic carbocycles. The van der Waals surface area contributed by atoms with Gasteiger partial charge in [-0.25, -0.2) is 4.98 Å². The molecule has 1 aromatic carbocycles. The highest BCUT2D eigenvalue weighted by molar-refractivity contribution is 5.97. The van der Waals surface area contributed by atoms with E-state index in [1.54, 1.807) is 0 Å². The van der Waals surface area contributed by atoms with Gasteiger partial charge in [0.05, 0.1) is 13.2 Å². The van der Waals surface area contributed by atoms with Gasteiger partial charge in [-0.15, -0.1) is 0 Å². The van der Waals surface area contributed by atoms with Crippen molar-refractivity contribution in [3.8, 4) is 11.5 Å². The van der Waals surface area contributed by atoms with Crippen LogP contribution in [0.4, 0.5) is 0 Å². The van der Waals surface area contributed by atoms with Crippen LogP contribution < -0.4 is 10.1 Å². The van der Waals surface area contributed by atoms with Gasteiger partial charge >= 0.3 is 5.97 Å². The SMILES string of the molecule is CC[C@H](Cc1ccccc1)[C@@H](OCC(C)C)[C@H](C)OC(=O)CNC(=O)c1nccc(OC)c1O. The molecular weight excluding hydrogens is 436 g/mol. The third-order valence-electron chi connectivity index (χ3n) is 5.45. The smallest absolute Gasteiger partial charge is 0.325 e. The molecule has 0 saturated carbocycles. The summed E-state index contributed by atoms with van der Waals surface area (Å²) in [6, 6.07) is 11.6. The predicted molar refractivity (Wildman–Crippen MR) is 129 cm³/mol. The molecule has 8 heteroatoms. The van der Waals surface area contributed by atoms with E-state index in [1.807, 2.05) is 25.1 Å². The van der Waals surface area contributed by atoms with Gasteiger partial charge < -0.3 is 24.6 Å². The van der Waals surface area contributed by atoms with E-state index in [4.69, 9.17) is 14.2 Å². The minimum absolute atomic E-state index is 0.116. The highest BCUT2D eigenvalue weighted by Gasteiger charge is 2.30. The first kappa shape index (κ1) is 27.1. The number of hydrogen-bond donors (Lipinski definition) is 2. The Morgan fingerprint density at radius 1 is 1.12 bits per heavy atom. The molecule has 2 rings (SSSR count). The number of carbonyl (C=O) groups is 2. The molecule has 0 spiro atoms. The number of nitrogens with zero attached hydrogens (tertiary/aromatic N) is 1. The second-order valence-corrected chi connectivity index (χ2v) is 8.64. The maximum absolute atomic E-state index is 12.5. The zero-order valence-electron chi connectivity index (χ0n) is 20.6. The molecule has 0 saturated heterocycles. The van der Waals surface area contributed by atoms with E-state index in [-0.39, 0.29) is 30.0 Å². The first-order valence-corrected chi connectivity index (χ1v) is 11.6. The number of ether oxygens (including phenoxy) is 3. The number of amides is 1. The lowest BCUT2D eigenvalue weighted by molar-refractivity contribution is -0.159. The Kier molecular flexibility index (Phi) is 10.8. The van der Waals surface area contributed by atoms with Gasteiger partial charge in [0.1, 0.15) is 12.6 Å². The number of benzene rings is 1. The minimum Gasteiger partial charge on any atom is -0.503 e. The van der Waals surface area contributed by atoms with Crippen molar-refractivity contribution < 1.29 is 28.9 Å². The summed E-state index contributed by atoms with van der Waals surface area (Å²) in [6.45, 7) is 8.24. The minimum atomic E-state index is -0.705. The number of aromatic hydroxyl groups is 1. The molecule has 1 aromatic heterocycles. The lowest BCUT2D eigenvalue weighted by atomic mass is 9.89. The van der Waals surface area contributed by atoms with Crippen LogP contribution in [0.25, 0.3) is 0 Å². The van der Waals surface area contributed by atoms with Crippen LogP contribution in [0, 0.1) is 11.8 Å². The Labute approximate surface area is 201 Å². The van der Waals surface area contributed by atoms with E-state index in [2.05, 4.69) is 43.2 Å². The lowest BCUT2D eigenvalue weighted by Gasteiger charge is -2.32. The van der Waals surface area contributed by atoms with Crippen LogP contribution in [0.1, 0.15) is 50.2 Å². The second-order valence-electron chi connectivity index (χ2n) is 8.64. The van der Waals surface area contributed by atoms with Crippen molar-refractivity contribution in [2.45, 2.75) is 52.7 Å². The highest BCUT2D eigenvalue weighted by atomic mass is 16.6. The number of rotatable bonds is 13. The first-order valence-electron chi connectivity index (χ1n) is 11.6. The van der Waals surface area contributed by atoms with Crippen molar-refractivity contribution in [2.24, 2.45) is 11.8 Å². The molecule has 0 bridgehead atoms. The molecule has 186 valence electrons. The Balaban J connectivity index is 2.01. The molecule has 1 amide bonds. The van der Waals surface area contributed by atoms with Crippen molar-refractivity contribution in [3.05, 3.63) is 53.9 Å². The summed E-state index contributed by atoms with van der Waals surface area (Å²) in [5.74, 6) is -1.10. The van der Waals surface area contributed by atoms with Crippen molar-refractivity contribution in [3.63, 3.8) is 0 Å². The quantitative estimate of drug-likeness (QED) is 0.427. The fraction of sp³-hybridized carbons (Fsp3) is 0.500. The van der Waals surface area contributed by atoms with Crippen LogP contribution in [0.3, 0.4) is 0 Å². The Bertz CT molecular complexity index is 919. The van der Waals surface area contributed by atoms with E-state index in [0.717, 1.165) is 12.8 Å². The summed E-state index contributed by atoms with van der Waals surface area (Å²) in [6.07, 6.45) is 2.19. The van der Waals surface area contributed by atoms with Crippen LogP contribution in [0.5, 0.6) is 11.5 Å². The maximum Gasteiger partial charge on any atom is 0.325 e. The molecule has 0 radical (unpaired) electrons. The molecule has 0 unspecified atom stereocenters. The average molecular weight is 473 g/mol. The summed E-state index contributed by atoms with van der Waals surface area (Å²) < 4.78 is 16.8. The number of nitrogens with one attached hydrogen (secondary N) is 1. The highest BCUT2D eigenvalue weighted by Crippen LogP contribution is 2.27. The summed E-state index contributed by atoms with van der Waals surface area (Å²) >= 11 is 0. The third kappa shape index (κ3) is 8.02. The van der Waals surface area contributed by atoms with Crippen molar-refractivity contribution in [1.29, 1.82) is 0 Å². The van der Waals surface area contributed by atoms with Gasteiger partial charge in [-0.05, 0) is 30.7 Å². The van der Waals surface area contributed by atoms with E-state index < -0.39 is 23.7 Å². The zero-order chi connectivity index (χ0) is 25.1. The zero-order valence-corrected chi connectivity index (χ0v) is 20.6. The maximum atomic E-state index is 12.5. The van der Waals surface area contributed by atoms with E-state index in [1.165, 1.54) is 24.9 Å². The molecule has 0 aliphatic rings. The molecule has 34 heavy (non-hydrogen) atoms. The lowest BCUT2D eigenvalue weighted by Crippen LogP contribution is -2.41. The van der Waals surface area contributed by atoms with Crippen LogP contribution in [0.15, 0.2) is 42.6 Å². The second kappa shape index (κ2) is 13.5. The van der Waals surface area contributed by atoms with Gasteiger partial charge in [0, 0.05) is 18.9 Å². The molecule has 0 fully saturated rings. The van der Waals surface area contributed by atoms with Crippen LogP contribution in [0.2, 0.25) is 0 Å². The van der Waals surface area contributed by atoms with Crippen molar-refractivity contribution in [2.75, 3.05) is 20.3 Å². The third-order valence-corrected chi connectivity index (χ3v) is 5.45. The number of esters is 1. The average Bonchev–Trinajstić information content (AvgIpc) is 2.82. The summed E-state index contributed by atoms with van der Waals surface area (Å²) in [4.78, 5) is 28.7. The molecule has 3 atom stereocenters. The number of aromatic nitrogens is 1. The molecular formula is C26H36N2O6. The largest absolute Gasteiger partial charge is 0.503 e. The van der Waals surface area contributed by atoms with Crippen LogP contribution >= 0.6 is 0 Å². The fourth-order valence-corrected chi connectivity index (χ4v) is 3.69. The van der Waals surface area contributed by atoms with Crippen molar-refractivity contribution in [1.82, 2.24) is 10.3 Å². The molecule has 8 nitrogen and oxygen atoms in total. The molecule has 2 N–H and O–H groups in total. The standard InChI is InChI=1S/C26H36N2O6/c1-6-20(14-19-10-8-7-9-11-19)25(33-16-17(2)3)18(4)34-22(29)15-28-26(31)23-24(30)21(32-5)12-13-27-23/h7-13,17-18,20,25,30H,6,14-16H2,1-5H3,(H,28,31)/t18-,20+,25-/m0/s1. The number of methoxy groups -OCH3 is 1. The van der Waals surface area contributed by atoms with Gasteiger partial charge in [-0.2, -0.15) is 0 Å². The van der Waals surface area contributed by atoms with Crippen molar-refractivity contribution >= 4 is 11.9 Å². The normalized spacial score (nSPS) is 13.7. The van der Waals surface area contributed by atoms with Crippen LogP contribution in [-0.4, -0.2) is 54.4 Å². The molecule has 2 aromatic rings. The van der Waals surface area contributed by atoms with E-state index in [9.17, 15) is 14.7 Å². The number of pyridine rings is 1. The molecule has 0 aliphatic heterocycles.